The Morgan fingerprint density at radius 1 is 1.00 bits per heavy atom. The van der Waals surface area contributed by atoms with Crippen molar-refractivity contribution in [2.75, 3.05) is 13.1 Å². The minimum absolute atomic E-state index is 0.433. The third-order valence-electron chi connectivity index (χ3n) is 3.92. The number of nitrogens with zero attached hydrogens (tertiary/aromatic N) is 1. The molecular formula is C12H22N2O. The molecule has 0 unspecified atom stereocenters. The van der Waals surface area contributed by atoms with Gasteiger partial charge in [0.15, 0.2) is 0 Å². The van der Waals surface area contributed by atoms with Crippen molar-refractivity contribution < 1.29 is 4.79 Å². The predicted octanol–water partition coefficient (Wildman–Crippen LogP) is 1.53. The molecule has 0 spiro atoms. The Hall–Kier alpha value is -0.570. The molecule has 2 rings (SSSR count). The van der Waals surface area contributed by atoms with Crippen molar-refractivity contribution in [1.82, 2.24) is 10.2 Å². The van der Waals surface area contributed by atoms with Crippen LogP contribution in [0, 0.1) is 0 Å². The summed E-state index contributed by atoms with van der Waals surface area (Å²) in [6.07, 6.45) is 10.2. The van der Waals surface area contributed by atoms with Crippen molar-refractivity contribution in [2.24, 2.45) is 0 Å². The molecule has 0 aromatic rings. The molecule has 1 N–H and O–H groups in total. The van der Waals surface area contributed by atoms with E-state index >= 15 is 0 Å². The van der Waals surface area contributed by atoms with E-state index in [1.807, 2.05) is 0 Å². The van der Waals surface area contributed by atoms with E-state index in [-0.39, 0.29) is 0 Å². The average Bonchev–Trinajstić information content (AvgIpc) is 2.32. The molecule has 0 aromatic heterocycles. The third kappa shape index (κ3) is 2.94. The Morgan fingerprint density at radius 3 is 2.27 bits per heavy atom. The van der Waals surface area contributed by atoms with Gasteiger partial charge in [-0.25, -0.2) is 0 Å². The zero-order valence-corrected chi connectivity index (χ0v) is 9.45. The zero-order chi connectivity index (χ0) is 10.5. The van der Waals surface area contributed by atoms with E-state index in [0.717, 1.165) is 25.3 Å². The van der Waals surface area contributed by atoms with Gasteiger partial charge in [0.2, 0.25) is 6.41 Å². The van der Waals surface area contributed by atoms with E-state index < -0.39 is 0 Å². The molecule has 15 heavy (non-hydrogen) atoms. The first kappa shape index (κ1) is 10.9. The predicted molar refractivity (Wildman–Crippen MR) is 60.7 cm³/mol. The van der Waals surface area contributed by atoms with E-state index in [4.69, 9.17) is 0 Å². The number of piperidine rings is 1. The van der Waals surface area contributed by atoms with Crippen LogP contribution >= 0.6 is 0 Å². The van der Waals surface area contributed by atoms with Crippen molar-refractivity contribution in [3.05, 3.63) is 0 Å². The quantitative estimate of drug-likeness (QED) is 0.716. The van der Waals surface area contributed by atoms with Crippen LogP contribution in [0.25, 0.3) is 0 Å². The second kappa shape index (κ2) is 5.50. The molecular weight excluding hydrogens is 188 g/mol. The minimum atomic E-state index is 0.433. The first-order chi connectivity index (χ1) is 7.40. The van der Waals surface area contributed by atoms with Gasteiger partial charge in [-0.15, -0.1) is 0 Å². The summed E-state index contributed by atoms with van der Waals surface area (Å²) < 4.78 is 0. The van der Waals surface area contributed by atoms with Gasteiger partial charge in [-0.1, -0.05) is 19.3 Å². The highest BCUT2D eigenvalue weighted by Gasteiger charge is 2.25. The molecule has 0 atom stereocenters. The lowest BCUT2D eigenvalue weighted by Crippen LogP contribution is -2.46. The van der Waals surface area contributed by atoms with Crippen LogP contribution in [0.3, 0.4) is 0 Å². The molecule has 0 radical (unpaired) electrons. The van der Waals surface area contributed by atoms with E-state index in [1.165, 1.54) is 45.2 Å². The largest absolute Gasteiger partial charge is 0.356 e. The Kier molecular flexibility index (Phi) is 4.01. The SMILES string of the molecule is O=CNC1CCN(C2CCCCC2)CC1. The average molecular weight is 210 g/mol. The minimum Gasteiger partial charge on any atom is -0.356 e. The van der Waals surface area contributed by atoms with Crippen molar-refractivity contribution in [3.8, 4) is 0 Å². The molecule has 1 heterocycles. The van der Waals surface area contributed by atoms with E-state index in [2.05, 4.69) is 10.2 Å². The van der Waals surface area contributed by atoms with Crippen LogP contribution < -0.4 is 5.32 Å². The molecule has 0 aromatic carbocycles. The lowest BCUT2D eigenvalue weighted by molar-refractivity contribution is -0.110. The number of likely N-dealkylation sites (tertiary alicyclic amines) is 1. The van der Waals surface area contributed by atoms with Gasteiger partial charge >= 0.3 is 0 Å². The highest BCUT2D eigenvalue weighted by Crippen LogP contribution is 2.25. The number of rotatable bonds is 3. The van der Waals surface area contributed by atoms with Gasteiger partial charge < -0.3 is 10.2 Å². The van der Waals surface area contributed by atoms with Crippen LogP contribution in [0.5, 0.6) is 0 Å². The second-order valence-electron chi connectivity index (χ2n) is 4.89. The van der Waals surface area contributed by atoms with Gasteiger partial charge in [0.05, 0.1) is 0 Å². The molecule has 86 valence electrons. The van der Waals surface area contributed by atoms with Crippen LogP contribution in [0.4, 0.5) is 0 Å². The summed E-state index contributed by atoms with van der Waals surface area (Å²) in [5.74, 6) is 0. The summed E-state index contributed by atoms with van der Waals surface area (Å²) in [6, 6.07) is 1.28. The Bertz CT molecular complexity index is 194. The molecule has 1 amide bonds. The summed E-state index contributed by atoms with van der Waals surface area (Å²) in [5, 5.41) is 2.90. The summed E-state index contributed by atoms with van der Waals surface area (Å²) in [6.45, 7) is 2.35. The first-order valence-electron chi connectivity index (χ1n) is 6.34. The first-order valence-corrected chi connectivity index (χ1v) is 6.34. The summed E-state index contributed by atoms with van der Waals surface area (Å²) >= 11 is 0. The normalized spacial score (nSPS) is 26.4. The molecule has 3 nitrogen and oxygen atoms in total. The van der Waals surface area contributed by atoms with Gasteiger partial charge in [-0.3, -0.25) is 4.79 Å². The number of amides is 1. The van der Waals surface area contributed by atoms with E-state index in [1.54, 1.807) is 0 Å². The van der Waals surface area contributed by atoms with Crippen molar-refractivity contribution >= 4 is 6.41 Å². The number of nitrogens with one attached hydrogen (secondary N) is 1. The van der Waals surface area contributed by atoms with Crippen molar-refractivity contribution in [3.63, 3.8) is 0 Å². The van der Waals surface area contributed by atoms with Crippen LogP contribution in [-0.4, -0.2) is 36.5 Å². The van der Waals surface area contributed by atoms with Gasteiger partial charge in [0, 0.05) is 25.2 Å². The van der Waals surface area contributed by atoms with Gasteiger partial charge in [-0.05, 0) is 25.7 Å². The maximum absolute atomic E-state index is 10.3. The molecule has 2 fully saturated rings. The van der Waals surface area contributed by atoms with Gasteiger partial charge in [0.25, 0.3) is 0 Å². The molecule has 3 heteroatoms. The smallest absolute Gasteiger partial charge is 0.207 e. The van der Waals surface area contributed by atoms with Crippen LogP contribution in [0.1, 0.15) is 44.9 Å². The Labute approximate surface area is 92.2 Å². The van der Waals surface area contributed by atoms with Gasteiger partial charge in [-0.2, -0.15) is 0 Å². The van der Waals surface area contributed by atoms with Crippen LogP contribution in [0.15, 0.2) is 0 Å². The molecule has 1 aliphatic carbocycles. The molecule has 0 bridgehead atoms. The highest BCUT2D eigenvalue weighted by atomic mass is 16.1. The maximum atomic E-state index is 10.3. The topological polar surface area (TPSA) is 32.3 Å². The molecule has 1 saturated heterocycles. The van der Waals surface area contributed by atoms with E-state index in [9.17, 15) is 4.79 Å². The lowest BCUT2D eigenvalue weighted by atomic mass is 9.92. The number of hydrogen-bond donors (Lipinski definition) is 1. The second-order valence-corrected chi connectivity index (χ2v) is 4.89. The fourth-order valence-electron chi connectivity index (χ4n) is 2.97. The maximum Gasteiger partial charge on any atom is 0.207 e. The molecule has 1 aliphatic heterocycles. The fraction of sp³-hybridized carbons (Fsp3) is 0.917. The summed E-state index contributed by atoms with van der Waals surface area (Å²) in [5.41, 5.74) is 0. The monoisotopic (exact) mass is 210 g/mol. The zero-order valence-electron chi connectivity index (χ0n) is 9.45. The fourth-order valence-corrected chi connectivity index (χ4v) is 2.97. The molecule has 2 aliphatic rings. The van der Waals surface area contributed by atoms with E-state index in [0.29, 0.717) is 6.04 Å². The number of carbonyl (C=O) groups is 1. The summed E-state index contributed by atoms with van der Waals surface area (Å²) in [4.78, 5) is 13.0. The standard InChI is InChI=1S/C12H22N2O/c15-10-13-11-6-8-14(9-7-11)12-4-2-1-3-5-12/h10-12H,1-9H2,(H,13,15). The number of carbonyl (C=O) groups excluding carboxylic acids is 1. The van der Waals surface area contributed by atoms with Crippen molar-refractivity contribution in [1.29, 1.82) is 0 Å². The third-order valence-corrected chi connectivity index (χ3v) is 3.92. The highest BCUT2D eigenvalue weighted by molar-refractivity contribution is 5.46. The van der Waals surface area contributed by atoms with Crippen molar-refractivity contribution in [2.45, 2.75) is 57.0 Å². The Morgan fingerprint density at radius 2 is 1.67 bits per heavy atom. The van der Waals surface area contributed by atoms with Gasteiger partial charge in [0.1, 0.15) is 0 Å². The summed E-state index contributed by atoms with van der Waals surface area (Å²) in [7, 11) is 0. The van der Waals surface area contributed by atoms with Crippen LogP contribution in [0.2, 0.25) is 0 Å². The van der Waals surface area contributed by atoms with Crippen LogP contribution in [-0.2, 0) is 4.79 Å². The number of hydrogen-bond acceptors (Lipinski definition) is 2. The lowest BCUT2D eigenvalue weighted by Gasteiger charge is -2.39. The Balaban J connectivity index is 1.74. The molecule has 1 saturated carbocycles.